The fourth-order valence-electron chi connectivity index (χ4n) is 4.35. The first-order valence-corrected chi connectivity index (χ1v) is 10.8. The van der Waals surface area contributed by atoms with Crippen LogP contribution in [0.15, 0.2) is 79.3 Å². The van der Waals surface area contributed by atoms with Crippen molar-refractivity contribution >= 4 is 16.8 Å². The van der Waals surface area contributed by atoms with Crippen LogP contribution in [0.4, 0.5) is 13.2 Å². The second kappa shape index (κ2) is 8.78. The van der Waals surface area contributed by atoms with E-state index in [9.17, 15) is 18.0 Å². The van der Waals surface area contributed by atoms with Gasteiger partial charge in [0.05, 0.1) is 5.52 Å². The lowest BCUT2D eigenvalue weighted by Gasteiger charge is -2.19. The largest absolute Gasteiger partial charge is 0.573 e. The minimum Gasteiger partial charge on any atom is -0.406 e. The quantitative estimate of drug-likeness (QED) is 0.382. The highest BCUT2D eigenvalue weighted by atomic mass is 19.4. The van der Waals surface area contributed by atoms with Crippen molar-refractivity contribution in [1.82, 2.24) is 14.9 Å². The summed E-state index contributed by atoms with van der Waals surface area (Å²) in [7, 11) is 0. The van der Waals surface area contributed by atoms with Crippen molar-refractivity contribution in [2.45, 2.75) is 18.7 Å². The van der Waals surface area contributed by atoms with Gasteiger partial charge in [0, 0.05) is 48.5 Å². The van der Waals surface area contributed by atoms with E-state index in [1.165, 1.54) is 6.07 Å². The zero-order valence-electron chi connectivity index (χ0n) is 18.0. The minimum absolute atomic E-state index is 0.139. The normalized spacial score (nSPS) is 16.1. The van der Waals surface area contributed by atoms with E-state index < -0.39 is 12.1 Å². The number of alkyl halides is 3. The van der Waals surface area contributed by atoms with Crippen molar-refractivity contribution in [3.63, 3.8) is 0 Å². The molecule has 5 rings (SSSR count). The van der Waals surface area contributed by atoms with E-state index in [-0.39, 0.29) is 17.4 Å². The summed E-state index contributed by atoms with van der Waals surface area (Å²) in [6, 6.07) is 16.9. The summed E-state index contributed by atoms with van der Waals surface area (Å²) < 4.78 is 43.3. The first-order valence-electron chi connectivity index (χ1n) is 10.8. The number of ether oxygens (including phenoxy) is 1. The molecule has 1 atom stereocenters. The molecule has 5 nitrogen and oxygen atoms in total. The molecule has 0 bridgehead atoms. The fraction of sp³-hybridized carbons (Fsp3) is 0.192. The van der Waals surface area contributed by atoms with Gasteiger partial charge in [-0.25, -0.2) is 0 Å². The molecule has 2 aromatic carbocycles. The average Bonchev–Trinajstić information content (AvgIpc) is 3.33. The molecule has 0 N–H and O–H groups in total. The topological polar surface area (TPSA) is 55.3 Å². The predicted octanol–water partition coefficient (Wildman–Crippen LogP) is 5.83. The van der Waals surface area contributed by atoms with Crippen molar-refractivity contribution in [3.8, 4) is 16.9 Å². The Morgan fingerprint density at radius 2 is 1.85 bits per heavy atom. The predicted molar refractivity (Wildman–Crippen MR) is 121 cm³/mol. The molecular formula is C26H20F3N3O2. The molecule has 3 heterocycles. The smallest absolute Gasteiger partial charge is 0.406 e. The summed E-state index contributed by atoms with van der Waals surface area (Å²) in [6.45, 7) is 0.992. The van der Waals surface area contributed by atoms with Gasteiger partial charge in [-0.1, -0.05) is 18.2 Å². The van der Waals surface area contributed by atoms with Gasteiger partial charge in [0.1, 0.15) is 5.75 Å². The maximum absolute atomic E-state index is 13.3. The van der Waals surface area contributed by atoms with Gasteiger partial charge < -0.3 is 9.64 Å². The van der Waals surface area contributed by atoms with Gasteiger partial charge in [-0.3, -0.25) is 14.8 Å². The molecule has 1 aliphatic rings. The average molecular weight is 463 g/mol. The molecule has 172 valence electrons. The molecule has 0 radical (unpaired) electrons. The van der Waals surface area contributed by atoms with Gasteiger partial charge in [0.2, 0.25) is 0 Å². The third-order valence-corrected chi connectivity index (χ3v) is 5.95. The number of carbonyl (C=O) groups is 1. The fourth-order valence-corrected chi connectivity index (χ4v) is 4.35. The van der Waals surface area contributed by atoms with E-state index in [4.69, 9.17) is 0 Å². The number of pyridine rings is 2. The first-order chi connectivity index (χ1) is 16.4. The highest BCUT2D eigenvalue weighted by Crippen LogP contribution is 2.33. The summed E-state index contributed by atoms with van der Waals surface area (Å²) in [5.41, 5.74) is 3.08. The number of carbonyl (C=O) groups excluding carboxylic acids is 1. The third-order valence-electron chi connectivity index (χ3n) is 5.95. The van der Waals surface area contributed by atoms with Crippen LogP contribution in [0.25, 0.3) is 22.0 Å². The van der Waals surface area contributed by atoms with Gasteiger partial charge in [-0.2, -0.15) is 0 Å². The van der Waals surface area contributed by atoms with Crippen LogP contribution in [0.1, 0.15) is 28.3 Å². The molecule has 1 amide bonds. The van der Waals surface area contributed by atoms with Crippen molar-refractivity contribution in [2.24, 2.45) is 0 Å². The number of likely N-dealkylation sites (tertiary alicyclic amines) is 1. The molecule has 1 unspecified atom stereocenters. The lowest BCUT2D eigenvalue weighted by atomic mass is 10.00. The van der Waals surface area contributed by atoms with Crippen LogP contribution in [0, 0.1) is 0 Å². The number of hydrogen-bond acceptors (Lipinski definition) is 4. The third kappa shape index (κ3) is 4.71. The van der Waals surface area contributed by atoms with E-state index in [2.05, 4.69) is 14.7 Å². The van der Waals surface area contributed by atoms with Crippen LogP contribution in [0.2, 0.25) is 0 Å². The molecular weight excluding hydrogens is 443 g/mol. The van der Waals surface area contributed by atoms with Crippen molar-refractivity contribution in [3.05, 3.63) is 90.4 Å². The Morgan fingerprint density at radius 1 is 1.00 bits per heavy atom. The zero-order chi connectivity index (χ0) is 23.7. The zero-order valence-corrected chi connectivity index (χ0v) is 18.0. The number of benzene rings is 2. The number of nitrogens with zero attached hydrogens (tertiary/aromatic N) is 3. The van der Waals surface area contributed by atoms with Crippen molar-refractivity contribution in [1.29, 1.82) is 0 Å². The molecule has 1 saturated heterocycles. The summed E-state index contributed by atoms with van der Waals surface area (Å²) in [4.78, 5) is 23.4. The van der Waals surface area contributed by atoms with Gasteiger partial charge in [-0.15, -0.1) is 13.2 Å². The number of rotatable bonds is 4. The standard InChI is InChI=1S/C26H20F3N3O2/c27-26(28,29)34-23-13-21(17-5-6-24-18(11-17)3-2-9-31-24)12-22(14-23)25(33)32-10-7-20(16-32)19-4-1-8-30-15-19/h1-6,8-9,11-15,20H,7,10,16H2. The molecule has 0 aliphatic carbocycles. The Hall–Kier alpha value is -3.94. The number of hydrogen-bond donors (Lipinski definition) is 0. The molecule has 0 saturated carbocycles. The van der Waals surface area contributed by atoms with Gasteiger partial charge in [-0.05, 0) is 65.6 Å². The van der Waals surface area contributed by atoms with Crippen molar-refractivity contribution in [2.75, 3.05) is 13.1 Å². The van der Waals surface area contributed by atoms with Gasteiger partial charge >= 0.3 is 6.36 Å². The second-order valence-electron chi connectivity index (χ2n) is 8.23. The Labute approximate surface area is 193 Å². The highest BCUT2D eigenvalue weighted by Gasteiger charge is 2.33. The lowest BCUT2D eigenvalue weighted by Crippen LogP contribution is -2.28. The summed E-state index contributed by atoms with van der Waals surface area (Å²) in [5.74, 6) is -0.620. The molecule has 1 fully saturated rings. The van der Waals surface area contributed by atoms with Crippen LogP contribution in [0.3, 0.4) is 0 Å². The van der Waals surface area contributed by atoms with Crippen molar-refractivity contribution < 1.29 is 22.7 Å². The van der Waals surface area contributed by atoms with E-state index in [1.807, 2.05) is 24.3 Å². The maximum Gasteiger partial charge on any atom is 0.573 e. The summed E-state index contributed by atoms with van der Waals surface area (Å²) >= 11 is 0. The van der Waals surface area contributed by atoms with Crippen LogP contribution in [-0.4, -0.2) is 40.2 Å². The lowest BCUT2D eigenvalue weighted by molar-refractivity contribution is -0.274. The van der Waals surface area contributed by atoms with E-state index in [0.29, 0.717) is 24.2 Å². The SMILES string of the molecule is O=C(c1cc(OC(F)(F)F)cc(-c2ccc3ncccc3c2)c1)N1CCC(c2cccnc2)C1. The monoisotopic (exact) mass is 463 g/mol. The number of amides is 1. The Morgan fingerprint density at radius 3 is 2.65 bits per heavy atom. The Kier molecular flexibility index (Phi) is 5.65. The maximum atomic E-state index is 13.3. The number of aromatic nitrogens is 2. The highest BCUT2D eigenvalue weighted by molar-refractivity contribution is 5.96. The molecule has 34 heavy (non-hydrogen) atoms. The number of fused-ring (bicyclic) bond motifs is 1. The van der Waals surface area contributed by atoms with E-state index in [1.54, 1.807) is 47.8 Å². The van der Waals surface area contributed by atoms with Crippen LogP contribution in [0.5, 0.6) is 5.75 Å². The van der Waals surface area contributed by atoms with Gasteiger partial charge in [0.15, 0.2) is 0 Å². The molecule has 2 aromatic heterocycles. The van der Waals surface area contributed by atoms with E-state index >= 15 is 0 Å². The molecule has 0 spiro atoms. The van der Waals surface area contributed by atoms with Gasteiger partial charge in [0.25, 0.3) is 5.91 Å². The van der Waals surface area contributed by atoms with Crippen LogP contribution in [-0.2, 0) is 0 Å². The Balaban J connectivity index is 1.48. The summed E-state index contributed by atoms with van der Waals surface area (Å²) in [6.07, 6.45) is 1.04. The molecule has 1 aliphatic heterocycles. The molecule has 4 aromatic rings. The number of halogens is 3. The minimum atomic E-state index is -4.87. The summed E-state index contributed by atoms with van der Waals surface area (Å²) in [5, 5.41) is 0.842. The second-order valence-corrected chi connectivity index (χ2v) is 8.23. The van der Waals surface area contributed by atoms with E-state index in [0.717, 1.165) is 29.0 Å². The molecule has 8 heteroatoms. The van der Waals surface area contributed by atoms with Crippen LogP contribution < -0.4 is 4.74 Å². The van der Waals surface area contributed by atoms with Crippen LogP contribution >= 0.6 is 0 Å². The Bertz CT molecular complexity index is 1340. The first kappa shape index (κ1) is 21.9.